The number of hydrogen-bond acceptors (Lipinski definition) is 3. The minimum absolute atomic E-state index is 0.0709. The molecule has 2 atom stereocenters. The Labute approximate surface area is 112 Å². The molecule has 0 bridgehead atoms. The number of likely N-dealkylation sites (tertiary alicyclic amines) is 1. The number of carbonyl (C=O) groups excluding carboxylic acids is 1. The maximum atomic E-state index is 13.3. The van der Waals surface area contributed by atoms with E-state index in [1.54, 1.807) is 0 Å². The van der Waals surface area contributed by atoms with Crippen LogP contribution in [-0.2, 0) is 4.79 Å². The SMILES string of the molecule is CC(c1cc(F)ccc1O)N1CCC(C)(C(N)=O)C1. The molecule has 5 heteroatoms. The molecular weight excluding hydrogens is 247 g/mol. The van der Waals surface area contributed by atoms with Crippen molar-refractivity contribution in [1.29, 1.82) is 0 Å². The van der Waals surface area contributed by atoms with Gasteiger partial charge in [0.05, 0.1) is 5.41 Å². The Kier molecular flexibility index (Phi) is 3.49. The molecule has 1 aromatic carbocycles. The molecule has 2 rings (SSSR count). The van der Waals surface area contributed by atoms with Crippen molar-refractivity contribution in [1.82, 2.24) is 4.90 Å². The molecule has 4 nitrogen and oxygen atoms in total. The highest BCUT2D eigenvalue weighted by atomic mass is 19.1. The van der Waals surface area contributed by atoms with Gasteiger partial charge in [0.2, 0.25) is 5.91 Å². The summed E-state index contributed by atoms with van der Waals surface area (Å²) in [6.45, 7) is 4.96. The van der Waals surface area contributed by atoms with Gasteiger partial charge in [-0.3, -0.25) is 9.69 Å². The summed E-state index contributed by atoms with van der Waals surface area (Å²) in [4.78, 5) is 13.5. The average Bonchev–Trinajstić information content (AvgIpc) is 2.76. The molecule has 1 amide bonds. The van der Waals surface area contributed by atoms with Crippen LogP contribution in [0, 0.1) is 11.2 Å². The van der Waals surface area contributed by atoms with E-state index in [9.17, 15) is 14.3 Å². The third-order valence-corrected chi connectivity index (χ3v) is 4.09. The Morgan fingerprint density at radius 3 is 2.84 bits per heavy atom. The van der Waals surface area contributed by atoms with E-state index >= 15 is 0 Å². The number of hydrogen-bond donors (Lipinski definition) is 2. The fourth-order valence-corrected chi connectivity index (χ4v) is 2.59. The van der Waals surface area contributed by atoms with Crippen LogP contribution in [0.3, 0.4) is 0 Å². The number of benzene rings is 1. The average molecular weight is 266 g/mol. The van der Waals surface area contributed by atoms with E-state index in [0.29, 0.717) is 25.1 Å². The summed E-state index contributed by atoms with van der Waals surface area (Å²) in [5, 5.41) is 9.82. The summed E-state index contributed by atoms with van der Waals surface area (Å²) in [5.74, 6) is -0.622. The number of rotatable bonds is 3. The smallest absolute Gasteiger partial charge is 0.224 e. The maximum Gasteiger partial charge on any atom is 0.224 e. The van der Waals surface area contributed by atoms with Crippen molar-refractivity contribution >= 4 is 5.91 Å². The van der Waals surface area contributed by atoms with Crippen molar-refractivity contribution in [2.45, 2.75) is 26.3 Å². The second kappa shape index (κ2) is 4.81. The molecule has 0 spiro atoms. The number of nitrogens with zero attached hydrogens (tertiary/aromatic N) is 1. The lowest BCUT2D eigenvalue weighted by Crippen LogP contribution is -2.37. The summed E-state index contributed by atoms with van der Waals surface area (Å²) >= 11 is 0. The van der Waals surface area contributed by atoms with Crippen LogP contribution in [0.4, 0.5) is 4.39 Å². The molecule has 104 valence electrons. The summed E-state index contributed by atoms with van der Waals surface area (Å²) < 4.78 is 13.3. The number of halogens is 1. The first-order valence-electron chi connectivity index (χ1n) is 6.36. The molecule has 0 aliphatic carbocycles. The van der Waals surface area contributed by atoms with Crippen LogP contribution in [-0.4, -0.2) is 29.0 Å². The lowest BCUT2D eigenvalue weighted by Gasteiger charge is -2.27. The van der Waals surface area contributed by atoms with Gasteiger partial charge in [0.15, 0.2) is 0 Å². The van der Waals surface area contributed by atoms with E-state index in [1.165, 1.54) is 18.2 Å². The van der Waals surface area contributed by atoms with Gasteiger partial charge in [0, 0.05) is 18.2 Å². The van der Waals surface area contributed by atoms with Crippen molar-refractivity contribution < 1.29 is 14.3 Å². The van der Waals surface area contributed by atoms with Crippen LogP contribution in [0.1, 0.15) is 31.9 Å². The fraction of sp³-hybridized carbons (Fsp3) is 0.500. The lowest BCUT2D eigenvalue weighted by atomic mass is 9.89. The minimum atomic E-state index is -0.544. The first kappa shape index (κ1) is 13.8. The third-order valence-electron chi connectivity index (χ3n) is 4.09. The van der Waals surface area contributed by atoms with Gasteiger partial charge in [-0.1, -0.05) is 0 Å². The van der Waals surface area contributed by atoms with E-state index in [-0.39, 0.29) is 23.5 Å². The monoisotopic (exact) mass is 266 g/mol. The standard InChI is InChI=1S/C14H19FN2O2/c1-9(11-7-10(15)3-4-12(11)18)17-6-5-14(2,8-17)13(16)19/h3-4,7,9,18H,5-6,8H2,1-2H3,(H2,16,19). The van der Waals surface area contributed by atoms with Gasteiger partial charge in [-0.05, 0) is 45.0 Å². The topological polar surface area (TPSA) is 66.6 Å². The predicted molar refractivity (Wildman–Crippen MR) is 70.0 cm³/mol. The first-order valence-corrected chi connectivity index (χ1v) is 6.36. The molecule has 0 saturated carbocycles. The zero-order chi connectivity index (χ0) is 14.2. The van der Waals surface area contributed by atoms with Gasteiger partial charge in [-0.25, -0.2) is 4.39 Å². The Morgan fingerprint density at radius 1 is 1.58 bits per heavy atom. The lowest BCUT2D eigenvalue weighted by molar-refractivity contribution is -0.126. The van der Waals surface area contributed by atoms with E-state index < -0.39 is 5.41 Å². The number of amides is 1. The second-order valence-corrected chi connectivity index (χ2v) is 5.52. The van der Waals surface area contributed by atoms with Gasteiger partial charge < -0.3 is 10.8 Å². The molecule has 2 unspecified atom stereocenters. The van der Waals surface area contributed by atoms with Gasteiger partial charge in [0.25, 0.3) is 0 Å². The van der Waals surface area contributed by atoms with Crippen molar-refractivity contribution in [2.75, 3.05) is 13.1 Å². The number of carbonyl (C=O) groups is 1. The van der Waals surface area contributed by atoms with Crippen LogP contribution in [0.25, 0.3) is 0 Å². The quantitative estimate of drug-likeness (QED) is 0.876. The fourth-order valence-electron chi connectivity index (χ4n) is 2.59. The maximum absolute atomic E-state index is 13.3. The largest absolute Gasteiger partial charge is 0.508 e. The highest BCUT2D eigenvalue weighted by Crippen LogP contribution is 2.37. The molecule has 1 saturated heterocycles. The minimum Gasteiger partial charge on any atom is -0.508 e. The van der Waals surface area contributed by atoms with Crippen LogP contribution in [0.5, 0.6) is 5.75 Å². The van der Waals surface area contributed by atoms with Gasteiger partial charge in [-0.15, -0.1) is 0 Å². The van der Waals surface area contributed by atoms with E-state index in [0.717, 1.165) is 0 Å². The number of aromatic hydroxyl groups is 1. The molecule has 3 N–H and O–H groups in total. The second-order valence-electron chi connectivity index (χ2n) is 5.52. The number of phenols is 1. The Morgan fingerprint density at radius 2 is 2.26 bits per heavy atom. The summed E-state index contributed by atoms with van der Waals surface area (Å²) in [5.41, 5.74) is 5.40. The summed E-state index contributed by atoms with van der Waals surface area (Å²) in [6.07, 6.45) is 0.683. The van der Waals surface area contributed by atoms with Gasteiger partial charge >= 0.3 is 0 Å². The van der Waals surface area contributed by atoms with Crippen molar-refractivity contribution in [3.05, 3.63) is 29.6 Å². The van der Waals surface area contributed by atoms with Crippen molar-refractivity contribution in [2.24, 2.45) is 11.1 Å². The molecule has 0 radical (unpaired) electrons. The van der Waals surface area contributed by atoms with Gasteiger partial charge in [-0.2, -0.15) is 0 Å². The van der Waals surface area contributed by atoms with E-state index in [4.69, 9.17) is 5.73 Å². The third kappa shape index (κ3) is 2.56. The molecule has 1 aromatic rings. The van der Waals surface area contributed by atoms with Crippen LogP contribution in [0.15, 0.2) is 18.2 Å². The van der Waals surface area contributed by atoms with E-state index in [2.05, 4.69) is 0 Å². The number of phenolic OH excluding ortho intramolecular Hbond substituents is 1. The molecule has 0 aromatic heterocycles. The van der Waals surface area contributed by atoms with Crippen molar-refractivity contribution in [3.8, 4) is 5.75 Å². The van der Waals surface area contributed by atoms with Crippen LogP contribution < -0.4 is 5.73 Å². The highest BCUT2D eigenvalue weighted by Gasteiger charge is 2.40. The molecule has 19 heavy (non-hydrogen) atoms. The molecule has 1 aliphatic heterocycles. The molecule has 1 aliphatic rings. The van der Waals surface area contributed by atoms with Crippen LogP contribution in [0.2, 0.25) is 0 Å². The molecule has 1 heterocycles. The number of nitrogens with two attached hydrogens (primary N) is 1. The van der Waals surface area contributed by atoms with Crippen molar-refractivity contribution in [3.63, 3.8) is 0 Å². The highest BCUT2D eigenvalue weighted by molar-refractivity contribution is 5.81. The Hall–Kier alpha value is -1.62. The summed E-state index contributed by atoms with van der Waals surface area (Å²) in [6, 6.07) is 3.75. The number of primary amides is 1. The Bertz CT molecular complexity index is 506. The Balaban J connectivity index is 2.20. The van der Waals surface area contributed by atoms with Gasteiger partial charge in [0.1, 0.15) is 11.6 Å². The molecule has 1 fully saturated rings. The van der Waals surface area contributed by atoms with Crippen LogP contribution >= 0.6 is 0 Å². The zero-order valence-electron chi connectivity index (χ0n) is 11.2. The zero-order valence-corrected chi connectivity index (χ0v) is 11.2. The normalized spacial score (nSPS) is 25.4. The first-order chi connectivity index (χ1) is 8.83. The molecular formula is C14H19FN2O2. The predicted octanol–water partition coefficient (Wildman–Crippen LogP) is 1.79. The van der Waals surface area contributed by atoms with E-state index in [1.807, 2.05) is 18.7 Å². The summed E-state index contributed by atoms with van der Waals surface area (Å²) in [7, 11) is 0.